The summed E-state index contributed by atoms with van der Waals surface area (Å²) in [5.41, 5.74) is 2.93. The van der Waals surface area contributed by atoms with E-state index in [2.05, 4.69) is 37.4 Å². The first kappa shape index (κ1) is 23.6. The number of carbonyl (C=O) groups is 1. The van der Waals surface area contributed by atoms with E-state index in [1.165, 1.54) is 28.6 Å². The topological polar surface area (TPSA) is 75.7 Å². The second-order valence-corrected chi connectivity index (χ2v) is 10.8. The first-order valence-corrected chi connectivity index (χ1v) is 12.9. The van der Waals surface area contributed by atoms with Crippen LogP contribution in [0.25, 0.3) is 0 Å². The highest BCUT2D eigenvalue weighted by molar-refractivity contribution is 7.99. The van der Waals surface area contributed by atoms with Gasteiger partial charge in [0.1, 0.15) is 10.6 Å². The van der Waals surface area contributed by atoms with E-state index in [-0.39, 0.29) is 16.6 Å². The van der Waals surface area contributed by atoms with E-state index >= 15 is 0 Å². The number of ether oxygens (including phenoxy) is 1. The number of rotatable bonds is 8. The van der Waals surface area contributed by atoms with Gasteiger partial charge in [0, 0.05) is 35.8 Å². The molecule has 1 fully saturated rings. The van der Waals surface area contributed by atoms with Crippen LogP contribution in [0.2, 0.25) is 0 Å². The normalized spacial score (nSPS) is 14.9. The van der Waals surface area contributed by atoms with E-state index in [1.54, 1.807) is 23.9 Å². The number of hydrogen-bond donors (Lipinski definition) is 1. The largest absolute Gasteiger partial charge is 0.495 e. The summed E-state index contributed by atoms with van der Waals surface area (Å²) in [5, 5.41) is 2.82. The fourth-order valence-electron chi connectivity index (χ4n) is 3.49. The number of methoxy groups -OCH3 is 1. The summed E-state index contributed by atoms with van der Waals surface area (Å²) in [6.45, 7) is 5.17. The number of anilines is 1. The van der Waals surface area contributed by atoms with E-state index < -0.39 is 10.0 Å². The van der Waals surface area contributed by atoms with Gasteiger partial charge in [-0.25, -0.2) is 8.42 Å². The zero-order valence-corrected chi connectivity index (χ0v) is 19.9. The molecule has 0 saturated carbocycles. The summed E-state index contributed by atoms with van der Waals surface area (Å²) >= 11 is 1.63. The minimum absolute atomic E-state index is 0.0965. The van der Waals surface area contributed by atoms with Crippen LogP contribution in [0.3, 0.4) is 0 Å². The number of amides is 1. The average Bonchev–Trinajstić information content (AvgIpc) is 2.77. The maximum Gasteiger partial charge on any atom is 0.246 e. The molecule has 2 aromatic carbocycles. The van der Waals surface area contributed by atoms with Crippen LogP contribution in [0.5, 0.6) is 5.75 Å². The molecule has 0 bridgehead atoms. The molecule has 1 aliphatic heterocycles. The van der Waals surface area contributed by atoms with Crippen LogP contribution in [0.15, 0.2) is 46.2 Å². The highest BCUT2D eigenvalue weighted by Gasteiger charge is 2.29. The van der Waals surface area contributed by atoms with E-state index in [4.69, 9.17) is 4.74 Å². The monoisotopic (exact) mass is 462 g/mol. The van der Waals surface area contributed by atoms with Gasteiger partial charge in [0.15, 0.2) is 0 Å². The molecule has 6 nitrogen and oxygen atoms in total. The lowest BCUT2D eigenvalue weighted by molar-refractivity contribution is -0.115. The van der Waals surface area contributed by atoms with Gasteiger partial charge in [-0.1, -0.05) is 12.5 Å². The lowest BCUT2D eigenvalue weighted by atomic mass is 10.1. The van der Waals surface area contributed by atoms with Crippen molar-refractivity contribution in [2.75, 3.05) is 31.3 Å². The predicted molar refractivity (Wildman–Crippen MR) is 125 cm³/mol. The van der Waals surface area contributed by atoms with Crippen molar-refractivity contribution in [3.05, 3.63) is 47.5 Å². The number of piperidine rings is 1. The number of benzene rings is 2. The Bertz CT molecular complexity index is 1030. The van der Waals surface area contributed by atoms with Crippen LogP contribution in [0.4, 0.5) is 5.69 Å². The zero-order valence-electron chi connectivity index (χ0n) is 18.3. The van der Waals surface area contributed by atoms with E-state index in [1.807, 2.05) is 0 Å². The quantitative estimate of drug-likeness (QED) is 0.580. The number of nitrogens with zero attached hydrogens (tertiary/aromatic N) is 1. The Balaban J connectivity index is 1.65. The number of carbonyl (C=O) groups excluding carboxylic acids is 1. The fraction of sp³-hybridized carbons (Fsp3) is 0.435. The van der Waals surface area contributed by atoms with Crippen LogP contribution in [-0.2, 0) is 14.8 Å². The van der Waals surface area contributed by atoms with Crippen molar-refractivity contribution in [3.8, 4) is 5.75 Å². The van der Waals surface area contributed by atoms with Crippen LogP contribution >= 0.6 is 11.8 Å². The highest BCUT2D eigenvalue weighted by Crippen LogP contribution is 2.31. The third kappa shape index (κ3) is 6.02. The molecule has 8 heteroatoms. The third-order valence-corrected chi connectivity index (χ3v) is 8.37. The van der Waals surface area contributed by atoms with Crippen molar-refractivity contribution >= 4 is 33.4 Å². The summed E-state index contributed by atoms with van der Waals surface area (Å²) in [4.78, 5) is 13.7. The molecule has 1 heterocycles. The first-order valence-electron chi connectivity index (χ1n) is 10.5. The molecule has 0 spiro atoms. The van der Waals surface area contributed by atoms with Gasteiger partial charge in [-0.05, 0) is 68.1 Å². The van der Waals surface area contributed by atoms with Crippen molar-refractivity contribution in [2.45, 2.75) is 49.3 Å². The van der Waals surface area contributed by atoms with Gasteiger partial charge in [-0.3, -0.25) is 4.79 Å². The van der Waals surface area contributed by atoms with Crippen LogP contribution in [0.1, 0.15) is 36.8 Å². The molecule has 0 unspecified atom stereocenters. The van der Waals surface area contributed by atoms with Gasteiger partial charge < -0.3 is 10.1 Å². The SMILES string of the molecule is COc1ccc(NC(=O)CCSc2ccc(C)c(C)c2)cc1S(=O)(=O)N1CCCCC1. The minimum Gasteiger partial charge on any atom is -0.495 e. The molecule has 1 aliphatic rings. The Morgan fingerprint density at radius 2 is 1.81 bits per heavy atom. The van der Waals surface area contributed by atoms with Crippen molar-refractivity contribution in [1.82, 2.24) is 4.31 Å². The Morgan fingerprint density at radius 3 is 2.48 bits per heavy atom. The van der Waals surface area contributed by atoms with Gasteiger partial charge in [-0.15, -0.1) is 11.8 Å². The first-order chi connectivity index (χ1) is 14.8. The molecule has 0 aliphatic carbocycles. The number of hydrogen-bond acceptors (Lipinski definition) is 5. The van der Waals surface area contributed by atoms with Crippen molar-refractivity contribution in [2.24, 2.45) is 0 Å². The lowest BCUT2D eigenvalue weighted by Crippen LogP contribution is -2.35. The minimum atomic E-state index is -3.67. The Kier molecular flexibility index (Phi) is 8.02. The molecule has 1 saturated heterocycles. The standard InChI is InChI=1S/C23H30N2O4S2/c1-17-7-9-20(15-18(17)2)30-14-11-23(26)24-19-8-10-21(29-3)22(16-19)31(27,28)25-12-5-4-6-13-25/h7-10,15-16H,4-6,11-14H2,1-3H3,(H,24,26). The Morgan fingerprint density at radius 1 is 1.06 bits per heavy atom. The number of sulfonamides is 1. The summed E-state index contributed by atoms with van der Waals surface area (Å²) in [7, 11) is -2.22. The second kappa shape index (κ2) is 10.5. The van der Waals surface area contributed by atoms with Gasteiger partial charge >= 0.3 is 0 Å². The van der Waals surface area contributed by atoms with Gasteiger partial charge in [0.05, 0.1) is 7.11 Å². The summed E-state index contributed by atoms with van der Waals surface area (Å²) in [6, 6.07) is 11.0. The lowest BCUT2D eigenvalue weighted by Gasteiger charge is -2.26. The third-order valence-electron chi connectivity index (χ3n) is 5.46. The summed E-state index contributed by atoms with van der Waals surface area (Å²) in [5.74, 6) is 0.778. The van der Waals surface area contributed by atoms with Crippen molar-refractivity contribution < 1.29 is 17.9 Å². The summed E-state index contributed by atoms with van der Waals surface area (Å²) in [6.07, 6.45) is 3.09. The number of nitrogens with one attached hydrogen (secondary N) is 1. The smallest absolute Gasteiger partial charge is 0.246 e. The maximum absolute atomic E-state index is 13.1. The predicted octanol–water partition coefficient (Wildman–Crippen LogP) is 4.61. The van der Waals surface area contributed by atoms with E-state index in [9.17, 15) is 13.2 Å². The van der Waals surface area contributed by atoms with Crippen molar-refractivity contribution in [3.63, 3.8) is 0 Å². The molecule has 168 valence electrons. The van der Waals surface area contributed by atoms with Crippen LogP contribution < -0.4 is 10.1 Å². The Hall–Kier alpha value is -2.03. The van der Waals surface area contributed by atoms with Gasteiger partial charge in [0.2, 0.25) is 15.9 Å². The maximum atomic E-state index is 13.1. The fourth-order valence-corrected chi connectivity index (χ4v) is 6.14. The molecule has 0 atom stereocenters. The molecule has 2 aromatic rings. The highest BCUT2D eigenvalue weighted by atomic mass is 32.2. The molecule has 0 aromatic heterocycles. The average molecular weight is 463 g/mol. The van der Waals surface area contributed by atoms with Gasteiger partial charge in [0.25, 0.3) is 0 Å². The van der Waals surface area contributed by atoms with Gasteiger partial charge in [-0.2, -0.15) is 4.31 Å². The van der Waals surface area contributed by atoms with Crippen LogP contribution in [-0.4, -0.2) is 44.6 Å². The summed E-state index contributed by atoms with van der Waals surface area (Å²) < 4.78 is 33.0. The molecule has 0 radical (unpaired) electrons. The molecular weight excluding hydrogens is 432 g/mol. The molecule has 1 amide bonds. The molecule has 3 rings (SSSR count). The van der Waals surface area contributed by atoms with Crippen LogP contribution in [0, 0.1) is 13.8 Å². The Labute approximate surface area is 189 Å². The van der Waals surface area contributed by atoms with Crippen molar-refractivity contribution in [1.29, 1.82) is 0 Å². The molecule has 31 heavy (non-hydrogen) atoms. The second-order valence-electron chi connectivity index (χ2n) is 7.72. The number of aryl methyl sites for hydroxylation is 2. The molecule has 1 N–H and O–H groups in total. The number of thioether (sulfide) groups is 1. The van der Waals surface area contributed by atoms with E-state index in [0.29, 0.717) is 31.0 Å². The zero-order chi connectivity index (χ0) is 22.4. The van der Waals surface area contributed by atoms with E-state index in [0.717, 1.165) is 24.2 Å². The molecular formula is C23H30N2O4S2.